The monoisotopic (exact) mass is 570 g/mol. The highest BCUT2D eigenvalue weighted by Crippen LogP contribution is 2.20. The van der Waals surface area contributed by atoms with Crippen LogP contribution in [0.25, 0.3) is 0 Å². The van der Waals surface area contributed by atoms with E-state index in [1.54, 1.807) is 6.07 Å². The molecule has 4 N–H and O–H groups in total. The van der Waals surface area contributed by atoms with Crippen LogP contribution in [-0.2, 0) is 27.2 Å². The minimum atomic E-state index is -0.805. The number of fused-ring (bicyclic) bond motifs is 1. The number of nitrogens with one attached hydrogen (secondary N) is 4. The summed E-state index contributed by atoms with van der Waals surface area (Å²) in [4.78, 5) is 40.1. The lowest BCUT2D eigenvalue weighted by Crippen LogP contribution is -2.58. The van der Waals surface area contributed by atoms with E-state index in [9.17, 15) is 14.4 Å². The summed E-state index contributed by atoms with van der Waals surface area (Å²) in [6.45, 7) is 9.04. The molecule has 2 aromatic carbocycles. The summed E-state index contributed by atoms with van der Waals surface area (Å²) in [5.41, 5.74) is 1.95. The molecular weight excluding hydrogens is 528 g/mol. The SMILES string of the molecule is CC(C)C[C@@H]1NC(=O)[C@@H](C(C)C)NC(=O)[C@@H](Cc2cccc(Cl)c2)NCCOc2ccccc2CCCNC1=O. The molecule has 218 valence electrons. The van der Waals surface area contributed by atoms with Gasteiger partial charge in [-0.2, -0.15) is 0 Å². The van der Waals surface area contributed by atoms with Crippen molar-refractivity contribution in [2.45, 2.75) is 71.5 Å². The Kier molecular flexibility index (Phi) is 12.3. The Morgan fingerprint density at radius 3 is 2.40 bits per heavy atom. The van der Waals surface area contributed by atoms with Crippen LogP contribution in [0.2, 0.25) is 5.02 Å². The average molecular weight is 571 g/mol. The summed E-state index contributed by atoms with van der Waals surface area (Å²) in [6.07, 6.45) is 2.35. The van der Waals surface area contributed by atoms with Crippen molar-refractivity contribution >= 4 is 29.3 Å². The number of para-hydroxylation sites is 1. The van der Waals surface area contributed by atoms with Crippen LogP contribution in [0.4, 0.5) is 0 Å². The highest BCUT2D eigenvalue weighted by Gasteiger charge is 2.31. The van der Waals surface area contributed by atoms with Crippen molar-refractivity contribution in [2.75, 3.05) is 19.7 Å². The van der Waals surface area contributed by atoms with Gasteiger partial charge in [0.15, 0.2) is 0 Å². The number of hydrogen-bond acceptors (Lipinski definition) is 5. The number of amides is 3. The largest absolute Gasteiger partial charge is 0.492 e. The Labute approximate surface area is 243 Å². The smallest absolute Gasteiger partial charge is 0.243 e. The predicted octanol–water partition coefficient (Wildman–Crippen LogP) is 3.65. The third kappa shape index (κ3) is 9.82. The maximum Gasteiger partial charge on any atom is 0.243 e. The van der Waals surface area contributed by atoms with Crippen molar-refractivity contribution in [3.05, 3.63) is 64.7 Å². The van der Waals surface area contributed by atoms with Crippen LogP contribution in [0, 0.1) is 11.8 Å². The van der Waals surface area contributed by atoms with Gasteiger partial charge in [0.1, 0.15) is 24.4 Å². The number of hydrogen-bond donors (Lipinski definition) is 4. The van der Waals surface area contributed by atoms with Crippen LogP contribution in [0.5, 0.6) is 5.75 Å². The molecule has 0 fully saturated rings. The van der Waals surface area contributed by atoms with Crippen molar-refractivity contribution in [2.24, 2.45) is 11.8 Å². The van der Waals surface area contributed by atoms with E-state index in [0.717, 1.165) is 29.7 Å². The van der Waals surface area contributed by atoms with E-state index < -0.39 is 18.1 Å². The number of halogens is 1. The lowest BCUT2D eigenvalue weighted by Gasteiger charge is -2.28. The van der Waals surface area contributed by atoms with Gasteiger partial charge in [-0.3, -0.25) is 14.4 Å². The highest BCUT2D eigenvalue weighted by molar-refractivity contribution is 6.30. The summed E-state index contributed by atoms with van der Waals surface area (Å²) < 4.78 is 6.08. The molecular formula is C31H43ClN4O4. The zero-order valence-corrected chi connectivity index (χ0v) is 24.7. The molecule has 8 nitrogen and oxygen atoms in total. The second kappa shape index (κ2) is 15.6. The highest BCUT2D eigenvalue weighted by atomic mass is 35.5. The van der Waals surface area contributed by atoms with Gasteiger partial charge in [-0.15, -0.1) is 0 Å². The predicted molar refractivity (Wildman–Crippen MR) is 158 cm³/mol. The quantitative estimate of drug-likeness (QED) is 0.439. The van der Waals surface area contributed by atoms with Crippen LogP contribution in [0.15, 0.2) is 48.5 Å². The Hall–Kier alpha value is -3.10. The van der Waals surface area contributed by atoms with Gasteiger partial charge in [-0.25, -0.2) is 0 Å². The summed E-state index contributed by atoms with van der Waals surface area (Å²) in [6, 6.07) is 13.1. The van der Waals surface area contributed by atoms with Crippen molar-refractivity contribution in [1.29, 1.82) is 0 Å². The standard InChI is InChI=1S/C31H43ClN4O4/c1-20(2)17-26-29(37)34-14-8-11-23-10-5-6-13-27(23)40-16-15-33-25(19-22-9-7-12-24(32)18-22)30(38)36-28(21(3)4)31(39)35-26/h5-7,9-10,12-13,18,20-21,25-26,28,33H,8,11,14-17,19H2,1-4H3,(H,34,37)(H,35,39)(H,36,38)/t25-,26+,28-/m1/s1. The maximum atomic E-state index is 13.6. The third-order valence-corrected chi connectivity index (χ3v) is 7.11. The zero-order valence-electron chi connectivity index (χ0n) is 24.0. The van der Waals surface area contributed by atoms with E-state index >= 15 is 0 Å². The Morgan fingerprint density at radius 2 is 1.68 bits per heavy atom. The maximum absolute atomic E-state index is 13.6. The summed E-state index contributed by atoms with van der Waals surface area (Å²) in [7, 11) is 0. The van der Waals surface area contributed by atoms with E-state index in [2.05, 4.69) is 21.3 Å². The number of carbonyl (C=O) groups is 3. The second-order valence-electron chi connectivity index (χ2n) is 11.1. The third-order valence-electron chi connectivity index (χ3n) is 6.88. The van der Waals surface area contributed by atoms with Crippen molar-refractivity contribution < 1.29 is 19.1 Å². The van der Waals surface area contributed by atoms with Gasteiger partial charge in [-0.1, -0.05) is 69.6 Å². The molecule has 3 atom stereocenters. The van der Waals surface area contributed by atoms with Gasteiger partial charge in [0.2, 0.25) is 17.7 Å². The average Bonchev–Trinajstić information content (AvgIpc) is 2.90. The van der Waals surface area contributed by atoms with Crippen LogP contribution in [-0.4, -0.2) is 55.5 Å². The lowest BCUT2D eigenvalue weighted by molar-refractivity contribution is -0.133. The van der Waals surface area contributed by atoms with E-state index in [-0.39, 0.29) is 29.6 Å². The Bertz CT molecular complexity index is 1140. The fourth-order valence-corrected chi connectivity index (χ4v) is 4.98. The minimum Gasteiger partial charge on any atom is -0.492 e. The first-order valence-corrected chi connectivity index (χ1v) is 14.6. The molecule has 1 aliphatic heterocycles. The van der Waals surface area contributed by atoms with Gasteiger partial charge in [0.05, 0.1) is 6.04 Å². The van der Waals surface area contributed by atoms with Crippen LogP contribution in [0.3, 0.4) is 0 Å². The molecule has 0 aromatic heterocycles. The fourth-order valence-electron chi connectivity index (χ4n) is 4.77. The Morgan fingerprint density at radius 1 is 0.900 bits per heavy atom. The minimum absolute atomic E-state index is 0.191. The molecule has 2 aromatic rings. The fraction of sp³-hybridized carbons (Fsp3) is 0.516. The number of ether oxygens (including phenoxy) is 1. The van der Waals surface area contributed by atoms with E-state index in [1.165, 1.54) is 0 Å². The molecule has 3 rings (SSSR count). The van der Waals surface area contributed by atoms with E-state index in [4.69, 9.17) is 16.3 Å². The molecule has 0 spiro atoms. The normalized spacial score (nSPS) is 21.9. The first kappa shape index (κ1) is 31.4. The zero-order chi connectivity index (χ0) is 29.1. The van der Waals surface area contributed by atoms with Crippen molar-refractivity contribution in [3.8, 4) is 5.75 Å². The first-order valence-electron chi connectivity index (χ1n) is 14.2. The molecule has 9 heteroatoms. The number of rotatable bonds is 5. The van der Waals surface area contributed by atoms with Crippen LogP contribution >= 0.6 is 11.6 Å². The summed E-state index contributed by atoms with van der Waals surface area (Å²) in [5, 5.41) is 12.7. The number of benzene rings is 2. The van der Waals surface area contributed by atoms with Gasteiger partial charge < -0.3 is 26.0 Å². The summed E-state index contributed by atoms with van der Waals surface area (Å²) >= 11 is 6.20. The molecule has 3 amide bonds. The van der Waals surface area contributed by atoms with Gasteiger partial charge in [0, 0.05) is 18.1 Å². The second-order valence-corrected chi connectivity index (χ2v) is 11.5. The van der Waals surface area contributed by atoms with Crippen molar-refractivity contribution in [1.82, 2.24) is 21.3 Å². The molecule has 1 heterocycles. The molecule has 0 unspecified atom stereocenters. The van der Waals surface area contributed by atoms with E-state index in [0.29, 0.717) is 37.6 Å². The molecule has 0 aliphatic carbocycles. The Balaban J connectivity index is 1.87. The molecule has 40 heavy (non-hydrogen) atoms. The van der Waals surface area contributed by atoms with E-state index in [1.807, 2.05) is 70.2 Å². The topological polar surface area (TPSA) is 109 Å². The molecule has 0 saturated heterocycles. The molecule has 1 aliphatic rings. The lowest BCUT2D eigenvalue weighted by atomic mass is 9.99. The summed E-state index contributed by atoms with van der Waals surface area (Å²) in [5.74, 6) is -0.107. The number of carbonyl (C=O) groups excluding carboxylic acids is 3. The van der Waals surface area contributed by atoms with Crippen LogP contribution < -0.4 is 26.0 Å². The first-order chi connectivity index (χ1) is 19.1. The molecule has 0 bridgehead atoms. The molecule has 0 radical (unpaired) electrons. The number of aryl methyl sites for hydroxylation is 1. The van der Waals surface area contributed by atoms with Crippen LogP contribution in [0.1, 0.15) is 51.7 Å². The van der Waals surface area contributed by atoms with Crippen molar-refractivity contribution in [3.63, 3.8) is 0 Å². The molecule has 0 saturated carbocycles. The van der Waals surface area contributed by atoms with Gasteiger partial charge in [-0.05, 0) is 66.8 Å². The van der Waals surface area contributed by atoms with Gasteiger partial charge >= 0.3 is 0 Å². The van der Waals surface area contributed by atoms with Gasteiger partial charge in [0.25, 0.3) is 0 Å².